The lowest BCUT2D eigenvalue weighted by atomic mass is 10.2. The van der Waals surface area contributed by atoms with Gasteiger partial charge < -0.3 is 42.1 Å². The second-order valence-corrected chi connectivity index (χ2v) is 28.0. The van der Waals surface area contributed by atoms with Crippen LogP contribution >= 0.6 is 31.1 Å². The van der Waals surface area contributed by atoms with Gasteiger partial charge in [-0.25, -0.2) is 25.5 Å². The van der Waals surface area contributed by atoms with Gasteiger partial charge in [0.1, 0.15) is 45.6 Å². The topological polar surface area (TPSA) is 245 Å². The highest BCUT2D eigenvalue weighted by Gasteiger charge is 2.39. The van der Waals surface area contributed by atoms with Gasteiger partial charge in [0.25, 0.3) is 11.1 Å². The van der Waals surface area contributed by atoms with Crippen LogP contribution in [-0.2, 0) is 32.2 Å². The van der Waals surface area contributed by atoms with Crippen molar-refractivity contribution in [3.63, 3.8) is 0 Å². The summed E-state index contributed by atoms with van der Waals surface area (Å²) >= 11 is 0. The minimum atomic E-state index is -2.41. The number of nitrogens with one attached hydrogen (secondary N) is 2. The summed E-state index contributed by atoms with van der Waals surface area (Å²) in [4.78, 5) is 54.6. The maximum atomic E-state index is 12.2. The molecule has 20 nitrogen and oxygen atoms in total. The molecule has 2 aliphatic rings. The summed E-state index contributed by atoms with van der Waals surface area (Å²) in [5.74, 6) is 3.14. The zero-order valence-corrected chi connectivity index (χ0v) is 46.5. The fourth-order valence-electron chi connectivity index (χ4n) is 7.16. The molecule has 69 heavy (non-hydrogen) atoms. The lowest BCUT2D eigenvalue weighted by molar-refractivity contribution is 0.00480. The molecule has 3 unspecified atom stereocenters. The monoisotopic (exact) mass is 1040 g/mol. The normalized spacial score (nSPS) is 21.4. The highest BCUT2D eigenvalue weighted by atomic mass is 31.2. The van der Waals surface area contributed by atoms with E-state index in [1.807, 2.05) is 0 Å². The van der Waals surface area contributed by atoms with Crippen LogP contribution in [0.1, 0.15) is 98.2 Å². The van der Waals surface area contributed by atoms with Crippen LogP contribution in [0.5, 0.6) is 0 Å². The maximum absolute atomic E-state index is 12.2. The van der Waals surface area contributed by atoms with Gasteiger partial charge in [-0.15, -0.1) is 0 Å². The molecule has 0 saturated carbocycles. The molecule has 2 fully saturated rings. The number of ether oxygens (including phenoxy) is 2. The first-order valence-electron chi connectivity index (χ1n) is 22.9. The molecule has 2 aromatic heterocycles. The lowest BCUT2D eigenvalue weighted by Gasteiger charge is -2.45. The number of rotatable bonds is 20. The van der Waals surface area contributed by atoms with Crippen molar-refractivity contribution in [2.45, 2.75) is 150 Å². The van der Waals surface area contributed by atoms with Gasteiger partial charge in [0.15, 0.2) is 16.8 Å². The predicted molar refractivity (Wildman–Crippen MR) is 275 cm³/mol. The van der Waals surface area contributed by atoms with Gasteiger partial charge in [0.2, 0.25) is 6.54 Å². The van der Waals surface area contributed by atoms with E-state index in [1.54, 1.807) is 65.1 Å². The van der Waals surface area contributed by atoms with E-state index >= 15 is 0 Å². The fourth-order valence-corrected chi connectivity index (χ4v) is 11.7. The van der Waals surface area contributed by atoms with Crippen LogP contribution in [-0.4, -0.2) is 135 Å². The van der Waals surface area contributed by atoms with E-state index in [0.29, 0.717) is 54.7 Å². The molecule has 388 valence electrons. The standard InChI is InChI=1S/C17H25N3O6P2.C15H32N3OP.C13H19N2O5P/c1-12-11-20(17(22)19-16(12)21)15-10-14(26-27(3)24-8-7-18-2)13(25-15)6-9-28(4,5)23;1-12(2)17(13(3)4)20(19-11-9-10-16)18(14(5)6)15(7)8;1-8-7-15(13(18)14-12(8)17)11-6-9(16)10(20-11)4-5-21(2,3)19/h6,9,11,13-15H,7-8,10H2,1,3-5H3,(H,19,21,22);12-15H,9,11H2,1-8H3;4-5,7,9-11,16H,6H2,1-3H3,(H,14,17,18)/b9-6+;;5-4+/t13-,14?,15-,27?;;9?,10-,11-/m1.1/s1. The molecule has 0 bridgehead atoms. The summed E-state index contributed by atoms with van der Waals surface area (Å²) in [5.41, 5.74) is -1.24. The molecule has 7 atom stereocenters. The zero-order chi connectivity index (χ0) is 52.6. The van der Waals surface area contributed by atoms with Crippen LogP contribution in [0.2, 0.25) is 0 Å². The molecule has 0 radical (unpaired) electrons. The van der Waals surface area contributed by atoms with Crippen molar-refractivity contribution in [1.29, 1.82) is 5.26 Å². The van der Waals surface area contributed by atoms with Crippen molar-refractivity contribution in [3.05, 3.63) is 100 Å². The molecular weight excluding hydrogens is 968 g/mol. The molecule has 2 aliphatic heterocycles. The molecule has 2 saturated heterocycles. The number of nitrogens with zero attached hydrogens (tertiary/aromatic N) is 6. The second kappa shape index (κ2) is 28.8. The Balaban J connectivity index is 0.000000362. The van der Waals surface area contributed by atoms with Crippen molar-refractivity contribution < 1.29 is 37.3 Å². The molecule has 4 heterocycles. The van der Waals surface area contributed by atoms with E-state index in [4.69, 9.17) is 34.9 Å². The Morgan fingerprint density at radius 3 is 1.67 bits per heavy atom. The Hall–Kier alpha value is -3.18. The SMILES string of the molecule is CC(C)N(C(C)C)P(OCCC#N)N(C(C)C)C(C)C.Cc1cn([C@H]2CC(O)[C@@H](/C=C/P(C)(C)=O)O2)c(=O)[nH]c1=O.[C-]#[N+]CCOP(C)OC1C[C@H](n2cc(C)c(=O)[nH]c2=O)O[C@@H]1/C=C/P(C)(C)=O. The van der Waals surface area contributed by atoms with Gasteiger partial charge in [-0.3, -0.25) is 28.7 Å². The van der Waals surface area contributed by atoms with Gasteiger partial charge in [-0.2, -0.15) is 5.26 Å². The molecule has 0 aliphatic carbocycles. The van der Waals surface area contributed by atoms with Crippen LogP contribution in [0.15, 0.2) is 55.4 Å². The van der Waals surface area contributed by atoms with E-state index < -0.39 is 90.5 Å². The van der Waals surface area contributed by atoms with Crippen LogP contribution in [0.3, 0.4) is 0 Å². The Bertz CT molecular complexity index is 2390. The van der Waals surface area contributed by atoms with Gasteiger partial charge in [0, 0.05) is 67.2 Å². The zero-order valence-electron chi connectivity index (χ0n) is 42.9. The van der Waals surface area contributed by atoms with Crippen LogP contribution in [0.4, 0.5) is 0 Å². The molecule has 0 spiro atoms. The number of aliphatic hydroxyl groups excluding tert-OH is 1. The third-order valence-corrected chi connectivity index (χ3v) is 16.1. The first-order valence-corrected chi connectivity index (χ1v) is 31.0. The minimum Gasteiger partial charge on any atom is -0.390 e. The predicted octanol–water partition coefficient (Wildman–Crippen LogP) is 7.54. The largest absolute Gasteiger partial charge is 0.390 e. The summed E-state index contributed by atoms with van der Waals surface area (Å²) < 4.78 is 60.4. The van der Waals surface area contributed by atoms with E-state index in [9.17, 15) is 33.4 Å². The second-order valence-electron chi connectivity index (χ2n) is 18.6. The number of aromatic amines is 2. The fraction of sp³-hybridized carbons (Fsp3) is 0.689. The first-order chi connectivity index (χ1) is 32.0. The summed E-state index contributed by atoms with van der Waals surface area (Å²) in [6, 6.07) is 3.84. The maximum Gasteiger partial charge on any atom is 0.330 e. The molecule has 4 rings (SSSR count). The number of hydrogen-bond acceptors (Lipinski definition) is 15. The summed E-state index contributed by atoms with van der Waals surface area (Å²) in [6.45, 7) is 37.0. The number of H-pyrrole nitrogens is 2. The van der Waals surface area contributed by atoms with E-state index in [0.717, 1.165) is 0 Å². The van der Waals surface area contributed by atoms with E-state index in [2.05, 4.69) is 85.6 Å². The highest BCUT2D eigenvalue weighted by Crippen LogP contribution is 2.51. The van der Waals surface area contributed by atoms with Crippen molar-refractivity contribution in [3.8, 4) is 6.07 Å². The number of nitriles is 1. The quantitative estimate of drug-likeness (QED) is 0.0659. The Morgan fingerprint density at radius 2 is 1.25 bits per heavy atom. The number of aliphatic hydroxyl groups is 1. The van der Waals surface area contributed by atoms with Gasteiger partial charge >= 0.3 is 11.4 Å². The summed E-state index contributed by atoms with van der Waals surface area (Å²) in [5, 5.41) is 18.7. The van der Waals surface area contributed by atoms with Crippen molar-refractivity contribution >= 4 is 31.1 Å². The lowest BCUT2D eigenvalue weighted by Crippen LogP contribution is -2.43. The Kier molecular flexibility index (Phi) is 25.8. The Morgan fingerprint density at radius 1 is 0.812 bits per heavy atom. The third kappa shape index (κ3) is 20.8. The van der Waals surface area contributed by atoms with Gasteiger partial charge in [-0.05, 0) is 120 Å². The molecule has 24 heteroatoms. The average Bonchev–Trinajstić information content (AvgIpc) is 3.80. The first kappa shape index (κ1) is 61.9. The Labute approximate surface area is 409 Å². The highest BCUT2D eigenvalue weighted by molar-refractivity contribution is 7.65. The average molecular weight is 1050 g/mol. The smallest absolute Gasteiger partial charge is 0.330 e. The van der Waals surface area contributed by atoms with Crippen LogP contribution in [0, 0.1) is 31.8 Å². The van der Waals surface area contributed by atoms with E-state index in [-0.39, 0.29) is 19.6 Å². The number of hydrogen-bond donors (Lipinski definition) is 3. The van der Waals surface area contributed by atoms with E-state index in [1.165, 1.54) is 27.3 Å². The number of aryl methyl sites for hydroxylation is 2. The van der Waals surface area contributed by atoms with Gasteiger partial charge in [0.05, 0.1) is 31.3 Å². The molecule has 3 N–H and O–H groups in total. The van der Waals surface area contributed by atoms with Crippen molar-refractivity contribution in [2.24, 2.45) is 0 Å². The number of aromatic nitrogens is 4. The molecule has 2 aromatic rings. The summed E-state index contributed by atoms with van der Waals surface area (Å²) in [6.07, 6.45) is 3.50. The molecule has 0 amide bonds. The molecule has 0 aromatic carbocycles. The van der Waals surface area contributed by atoms with Crippen molar-refractivity contribution in [1.82, 2.24) is 28.4 Å². The molecular formula is C45H76N8O12P4. The van der Waals surface area contributed by atoms with Gasteiger partial charge in [-0.1, -0.05) is 0 Å². The third-order valence-electron chi connectivity index (χ3n) is 10.1. The minimum absolute atomic E-state index is 0.220. The van der Waals surface area contributed by atoms with Crippen molar-refractivity contribution in [2.75, 3.05) is 53.1 Å². The van der Waals surface area contributed by atoms with Crippen LogP contribution in [0.25, 0.3) is 4.85 Å². The summed E-state index contributed by atoms with van der Waals surface area (Å²) in [7, 11) is -6.84. The van der Waals surface area contributed by atoms with Crippen LogP contribution < -0.4 is 22.5 Å².